The fourth-order valence-electron chi connectivity index (χ4n) is 4.48. The Morgan fingerprint density at radius 3 is 2.59 bits per heavy atom. The molecule has 0 radical (unpaired) electrons. The summed E-state index contributed by atoms with van der Waals surface area (Å²) in [6, 6.07) is 10.7. The Morgan fingerprint density at radius 1 is 1.07 bits per heavy atom. The quantitative estimate of drug-likeness (QED) is 0.680. The first-order valence-electron chi connectivity index (χ1n) is 10.3. The minimum atomic E-state index is 0.413. The molecule has 2 aromatic heterocycles. The third kappa shape index (κ3) is 3.38. The maximum Gasteiger partial charge on any atom is 0.135 e. The normalized spacial score (nSPS) is 17.3. The number of hydrogen-bond acceptors (Lipinski definition) is 5. The average molecular weight is 384 g/mol. The lowest BCUT2D eigenvalue weighted by Crippen LogP contribution is -2.34. The van der Waals surface area contributed by atoms with Crippen molar-refractivity contribution in [3.05, 3.63) is 59.9 Å². The molecular formula is C23H24N6. The number of aryl methyl sites for hydroxylation is 1. The van der Waals surface area contributed by atoms with Crippen LogP contribution in [0.2, 0.25) is 0 Å². The van der Waals surface area contributed by atoms with E-state index < -0.39 is 0 Å². The summed E-state index contributed by atoms with van der Waals surface area (Å²) in [5.74, 6) is 2.13. The molecule has 2 fully saturated rings. The first kappa shape index (κ1) is 17.9. The summed E-state index contributed by atoms with van der Waals surface area (Å²) >= 11 is 0. The van der Waals surface area contributed by atoms with Gasteiger partial charge in [0.25, 0.3) is 0 Å². The van der Waals surface area contributed by atoms with Gasteiger partial charge >= 0.3 is 0 Å². The lowest BCUT2D eigenvalue weighted by Gasteiger charge is -2.35. The van der Waals surface area contributed by atoms with E-state index in [4.69, 9.17) is 0 Å². The Kier molecular flexibility index (Phi) is 4.51. The molecule has 146 valence electrons. The highest BCUT2D eigenvalue weighted by Crippen LogP contribution is 2.42. The van der Waals surface area contributed by atoms with Crippen LogP contribution in [0.5, 0.6) is 0 Å². The number of para-hydroxylation sites is 1. The lowest BCUT2D eigenvalue weighted by molar-refractivity contribution is 0.474. The lowest BCUT2D eigenvalue weighted by atomic mass is 9.93. The topological polar surface area (TPSA) is 70.6 Å². The number of rotatable bonds is 4. The molecule has 0 unspecified atom stereocenters. The van der Waals surface area contributed by atoms with E-state index >= 15 is 0 Å². The van der Waals surface area contributed by atoms with Crippen LogP contribution in [-0.4, -0.2) is 32.8 Å². The second kappa shape index (κ2) is 7.32. The van der Waals surface area contributed by atoms with Gasteiger partial charge in [-0.05, 0) is 49.3 Å². The van der Waals surface area contributed by atoms with Crippen LogP contribution < -0.4 is 4.90 Å². The van der Waals surface area contributed by atoms with E-state index in [1.807, 2.05) is 36.1 Å². The van der Waals surface area contributed by atoms with Crippen molar-refractivity contribution in [2.75, 3.05) is 18.0 Å². The van der Waals surface area contributed by atoms with Crippen molar-refractivity contribution in [2.24, 2.45) is 7.05 Å². The van der Waals surface area contributed by atoms with E-state index in [9.17, 15) is 5.26 Å². The molecular weight excluding hydrogens is 360 g/mol. The number of pyridine rings is 1. The van der Waals surface area contributed by atoms with Gasteiger partial charge < -0.3 is 9.47 Å². The third-order valence-electron chi connectivity index (χ3n) is 6.20. The highest BCUT2D eigenvalue weighted by Gasteiger charge is 2.28. The molecule has 0 bridgehead atoms. The molecule has 29 heavy (non-hydrogen) atoms. The number of benzene rings is 1. The zero-order valence-corrected chi connectivity index (χ0v) is 16.6. The van der Waals surface area contributed by atoms with E-state index in [0.29, 0.717) is 11.8 Å². The van der Waals surface area contributed by atoms with Gasteiger partial charge in [-0.2, -0.15) is 5.26 Å². The number of anilines is 1. The molecule has 1 aliphatic carbocycles. The largest absolute Gasteiger partial charge is 0.370 e. The second-order valence-corrected chi connectivity index (χ2v) is 8.16. The van der Waals surface area contributed by atoms with Crippen molar-refractivity contribution in [1.82, 2.24) is 19.7 Å². The zero-order valence-electron chi connectivity index (χ0n) is 16.6. The molecule has 1 aliphatic heterocycles. The summed E-state index contributed by atoms with van der Waals surface area (Å²) in [4.78, 5) is 6.87. The summed E-state index contributed by atoms with van der Waals surface area (Å²) in [5, 5.41) is 18.1. The van der Waals surface area contributed by atoms with Gasteiger partial charge in [0.1, 0.15) is 18.2 Å². The summed E-state index contributed by atoms with van der Waals surface area (Å²) in [7, 11) is 2.00. The Morgan fingerprint density at radius 2 is 1.90 bits per heavy atom. The first-order chi connectivity index (χ1) is 14.2. The summed E-state index contributed by atoms with van der Waals surface area (Å²) in [6.07, 6.45) is 10.2. The van der Waals surface area contributed by atoms with Crippen molar-refractivity contribution >= 4 is 5.69 Å². The smallest absolute Gasteiger partial charge is 0.135 e. The number of piperidine rings is 1. The van der Waals surface area contributed by atoms with Gasteiger partial charge in [-0.15, -0.1) is 10.2 Å². The summed E-state index contributed by atoms with van der Waals surface area (Å²) in [5.41, 5.74) is 5.31. The van der Waals surface area contributed by atoms with Crippen LogP contribution >= 0.6 is 0 Å². The molecule has 1 saturated heterocycles. The fraction of sp³-hybridized carbons (Fsp3) is 0.391. The van der Waals surface area contributed by atoms with Crippen molar-refractivity contribution in [1.29, 1.82) is 5.26 Å². The fourth-order valence-corrected chi connectivity index (χ4v) is 4.48. The molecule has 3 aromatic rings. The summed E-state index contributed by atoms with van der Waals surface area (Å²) in [6.45, 7) is 1.80. The van der Waals surface area contributed by atoms with Crippen LogP contribution in [0.15, 0.2) is 43.0 Å². The zero-order chi connectivity index (χ0) is 19.8. The van der Waals surface area contributed by atoms with Crippen LogP contribution in [0.25, 0.3) is 11.1 Å². The molecule has 1 saturated carbocycles. The molecule has 3 heterocycles. The third-order valence-corrected chi connectivity index (χ3v) is 6.20. The van der Waals surface area contributed by atoms with Gasteiger partial charge in [0.05, 0.1) is 11.3 Å². The maximum absolute atomic E-state index is 9.80. The predicted molar refractivity (Wildman–Crippen MR) is 112 cm³/mol. The van der Waals surface area contributed by atoms with Gasteiger partial charge in [0, 0.05) is 49.6 Å². The number of nitriles is 1. The summed E-state index contributed by atoms with van der Waals surface area (Å²) < 4.78 is 2.02. The van der Waals surface area contributed by atoms with Gasteiger partial charge in [-0.1, -0.05) is 12.1 Å². The van der Waals surface area contributed by atoms with Crippen LogP contribution in [0.3, 0.4) is 0 Å². The predicted octanol–water partition coefficient (Wildman–Crippen LogP) is 4.01. The highest BCUT2D eigenvalue weighted by molar-refractivity contribution is 5.83. The standard InChI is InChI=1S/C23H24N6/c1-28-15-26-27-23(28)17-7-9-29(10-8-17)22-18(12-24)3-2-4-21(22)20-11-19(13-25-14-20)16-5-6-16/h2-4,11,13-17H,5-10H2,1H3. The molecule has 0 atom stereocenters. The molecule has 0 N–H and O–H groups in total. The highest BCUT2D eigenvalue weighted by atomic mass is 15.3. The van der Waals surface area contributed by atoms with Crippen molar-refractivity contribution in [3.63, 3.8) is 0 Å². The molecule has 0 amide bonds. The van der Waals surface area contributed by atoms with E-state index in [1.54, 1.807) is 6.33 Å². The number of nitrogens with zero attached hydrogens (tertiary/aromatic N) is 6. The molecule has 1 aromatic carbocycles. The SMILES string of the molecule is Cn1cnnc1C1CCN(c2c(C#N)cccc2-c2cncc(C3CC3)c2)CC1. The van der Waals surface area contributed by atoms with Crippen LogP contribution in [0.4, 0.5) is 5.69 Å². The minimum Gasteiger partial charge on any atom is -0.370 e. The molecule has 5 rings (SSSR count). The minimum absolute atomic E-state index is 0.413. The van der Waals surface area contributed by atoms with Crippen molar-refractivity contribution in [3.8, 4) is 17.2 Å². The van der Waals surface area contributed by atoms with Gasteiger partial charge in [-0.3, -0.25) is 4.98 Å². The van der Waals surface area contributed by atoms with Crippen LogP contribution in [0, 0.1) is 11.3 Å². The Labute approximate surface area is 170 Å². The Balaban J connectivity index is 1.46. The molecule has 6 heteroatoms. The number of aromatic nitrogens is 4. The van der Waals surface area contributed by atoms with E-state index in [1.165, 1.54) is 18.4 Å². The van der Waals surface area contributed by atoms with Crippen molar-refractivity contribution in [2.45, 2.75) is 37.5 Å². The maximum atomic E-state index is 9.80. The van der Waals surface area contributed by atoms with Crippen molar-refractivity contribution < 1.29 is 0 Å². The first-order valence-corrected chi connectivity index (χ1v) is 10.3. The van der Waals surface area contributed by atoms with Crippen LogP contribution in [-0.2, 0) is 7.05 Å². The monoisotopic (exact) mass is 384 g/mol. The number of hydrogen-bond donors (Lipinski definition) is 0. The molecule has 2 aliphatic rings. The second-order valence-electron chi connectivity index (χ2n) is 8.16. The Bertz CT molecular complexity index is 1070. The van der Waals surface area contributed by atoms with Gasteiger partial charge in [0.2, 0.25) is 0 Å². The van der Waals surface area contributed by atoms with Gasteiger partial charge in [0.15, 0.2) is 0 Å². The van der Waals surface area contributed by atoms with Crippen LogP contribution in [0.1, 0.15) is 54.5 Å². The molecule has 0 spiro atoms. The van der Waals surface area contributed by atoms with E-state index in [-0.39, 0.29) is 0 Å². The Hall–Kier alpha value is -3.20. The average Bonchev–Trinajstić information content (AvgIpc) is 3.54. The van der Waals surface area contributed by atoms with E-state index in [2.05, 4.69) is 38.3 Å². The molecule has 6 nitrogen and oxygen atoms in total. The van der Waals surface area contributed by atoms with Gasteiger partial charge in [-0.25, -0.2) is 0 Å². The van der Waals surface area contributed by atoms with E-state index in [0.717, 1.165) is 54.1 Å².